The van der Waals surface area contributed by atoms with E-state index in [1.165, 1.54) is 17.7 Å². The van der Waals surface area contributed by atoms with Crippen LogP contribution in [0.2, 0.25) is 0 Å². The Kier molecular flexibility index (Phi) is 5.31. The molecular formula is C18H18NO3-. The summed E-state index contributed by atoms with van der Waals surface area (Å²) >= 11 is 0. The van der Waals surface area contributed by atoms with Crippen LogP contribution in [-0.4, -0.2) is 11.9 Å². The number of aromatic carboxylic acids is 1. The Hall–Kier alpha value is -2.62. The smallest absolute Gasteiger partial charge is 0.255 e. The molecule has 0 saturated carbocycles. The number of hydrogen-bond donors (Lipinski definition) is 1. The van der Waals surface area contributed by atoms with Crippen molar-refractivity contribution in [3.05, 3.63) is 65.2 Å². The van der Waals surface area contributed by atoms with E-state index in [2.05, 4.69) is 12.2 Å². The zero-order valence-corrected chi connectivity index (χ0v) is 12.5. The van der Waals surface area contributed by atoms with Gasteiger partial charge in [-0.2, -0.15) is 0 Å². The SMILES string of the molecule is CCCCc1ccc(C(=O)Nc2ccc(C(=O)[O-])cc2)cc1. The van der Waals surface area contributed by atoms with Gasteiger partial charge >= 0.3 is 0 Å². The summed E-state index contributed by atoms with van der Waals surface area (Å²) in [4.78, 5) is 22.8. The molecule has 2 rings (SSSR count). The standard InChI is InChI=1S/C18H19NO3/c1-2-3-4-13-5-7-14(8-6-13)17(20)19-16-11-9-15(10-12-16)18(21)22/h5-12H,2-4H2,1H3,(H,19,20)(H,21,22)/p-1. The molecule has 4 nitrogen and oxygen atoms in total. The molecule has 0 fully saturated rings. The number of unbranched alkanes of at least 4 members (excludes halogenated alkanes) is 1. The van der Waals surface area contributed by atoms with E-state index in [1.807, 2.05) is 12.1 Å². The Morgan fingerprint density at radius 1 is 0.955 bits per heavy atom. The third-order valence-corrected chi connectivity index (χ3v) is 3.41. The van der Waals surface area contributed by atoms with Crippen LogP contribution in [0, 0.1) is 0 Å². The molecule has 1 amide bonds. The minimum atomic E-state index is -1.24. The molecule has 0 atom stereocenters. The van der Waals surface area contributed by atoms with Gasteiger partial charge in [0.15, 0.2) is 0 Å². The van der Waals surface area contributed by atoms with Crippen molar-refractivity contribution in [2.24, 2.45) is 0 Å². The van der Waals surface area contributed by atoms with Crippen LogP contribution in [0.25, 0.3) is 0 Å². The zero-order chi connectivity index (χ0) is 15.9. The fourth-order valence-corrected chi connectivity index (χ4v) is 2.10. The van der Waals surface area contributed by atoms with E-state index in [0.717, 1.165) is 19.3 Å². The Bertz CT molecular complexity index is 645. The molecular weight excluding hydrogens is 278 g/mol. The first kappa shape index (κ1) is 15.8. The molecule has 4 heteroatoms. The number of anilines is 1. The van der Waals surface area contributed by atoms with Gasteiger partial charge in [-0.15, -0.1) is 0 Å². The van der Waals surface area contributed by atoms with Gasteiger partial charge < -0.3 is 15.2 Å². The normalized spacial score (nSPS) is 10.2. The van der Waals surface area contributed by atoms with Crippen LogP contribution >= 0.6 is 0 Å². The molecule has 0 unspecified atom stereocenters. The second-order valence-electron chi connectivity index (χ2n) is 5.12. The van der Waals surface area contributed by atoms with E-state index in [9.17, 15) is 14.7 Å². The van der Waals surface area contributed by atoms with E-state index < -0.39 is 5.97 Å². The summed E-state index contributed by atoms with van der Waals surface area (Å²) in [5.74, 6) is -1.45. The van der Waals surface area contributed by atoms with Gasteiger partial charge in [-0.05, 0) is 48.2 Å². The first-order valence-electron chi connectivity index (χ1n) is 7.32. The molecule has 0 aromatic heterocycles. The van der Waals surface area contributed by atoms with Crippen molar-refractivity contribution in [3.8, 4) is 0 Å². The number of carboxylic acid groups (broad SMARTS) is 1. The first-order valence-corrected chi connectivity index (χ1v) is 7.32. The molecule has 0 spiro atoms. The Morgan fingerprint density at radius 2 is 1.55 bits per heavy atom. The lowest BCUT2D eigenvalue weighted by atomic mass is 10.1. The van der Waals surface area contributed by atoms with E-state index in [1.54, 1.807) is 24.3 Å². The van der Waals surface area contributed by atoms with Crippen molar-refractivity contribution in [1.29, 1.82) is 0 Å². The molecule has 2 aromatic rings. The van der Waals surface area contributed by atoms with Crippen LogP contribution in [-0.2, 0) is 6.42 Å². The quantitative estimate of drug-likeness (QED) is 0.891. The highest BCUT2D eigenvalue weighted by atomic mass is 16.4. The van der Waals surface area contributed by atoms with E-state index in [4.69, 9.17) is 0 Å². The Labute approximate surface area is 129 Å². The monoisotopic (exact) mass is 296 g/mol. The van der Waals surface area contributed by atoms with Crippen LogP contribution in [0.4, 0.5) is 5.69 Å². The summed E-state index contributed by atoms with van der Waals surface area (Å²) < 4.78 is 0. The number of amides is 1. The number of rotatable bonds is 6. The lowest BCUT2D eigenvalue weighted by molar-refractivity contribution is -0.255. The van der Waals surface area contributed by atoms with Gasteiger partial charge in [-0.1, -0.05) is 37.6 Å². The van der Waals surface area contributed by atoms with Gasteiger partial charge in [-0.25, -0.2) is 0 Å². The second kappa shape index (κ2) is 7.41. The molecule has 2 aromatic carbocycles. The van der Waals surface area contributed by atoms with Gasteiger partial charge in [0.2, 0.25) is 0 Å². The van der Waals surface area contributed by atoms with Crippen LogP contribution in [0.3, 0.4) is 0 Å². The van der Waals surface area contributed by atoms with Gasteiger partial charge in [-0.3, -0.25) is 4.79 Å². The van der Waals surface area contributed by atoms with Crippen molar-refractivity contribution in [2.45, 2.75) is 26.2 Å². The zero-order valence-electron chi connectivity index (χ0n) is 12.5. The van der Waals surface area contributed by atoms with Crippen LogP contribution in [0.1, 0.15) is 46.0 Å². The maximum Gasteiger partial charge on any atom is 0.255 e. The topological polar surface area (TPSA) is 69.2 Å². The number of benzene rings is 2. The van der Waals surface area contributed by atoms with Crippen molar-refractivity contribution in [3.63, 3.8) is 0 Å². The van der Waals surface area contributed by atoms with Crippen LogP contribution in [0.5, 0.6) is 0 Å². The highest BCUT2D eigenvalue weighted by Crippen LogP contribution is 2.13. The molecule has 0 saturated heterocycles. The lowest BCUT2D eigenvalue weighted by Crippen LogP contribution is -2.22. The summed E-state index contributed by atoms with van der Waals surface area (Å²) in [5.41, 5.74) is 2.42. The molecule has 0 bridgehead atoms. The lowest BCUT2D eigenvalue weighted by Gasteiger charge is -2.08. The van der Waals surface area contributed by atoms with Gasteiger partial charge in [0, 0.05) is 11.3 Å². The fraction of sp³-hybridized carbons (Fsp3) is 0.222. The van der Waals surface area contributed by atoms with Crippen molar-refractivity contribution in [2.75, 3.05) is 5.32 Å². The predicted octanol–water partition coefficient (Wildman–Crippen LogP) is 2.65. The van der Waals surface area contributed by atoms with E-state index in [0.29, 0.717) is 11.3 Å². The van der Waals surface area contributed by atoms with Crippen LogP contribution in [0.15, 0.2) is 48.5 Å². The molecule has 0 aliphatic rings. The third-order valence-electron chi connectivity index (χ3n) is 3.41. The van der Waals surface area contributed by atoms with Crippen molar-refractivity contribution >= 4 is 17.6 Å². The van der Waals surface area contributed by atoms with Crippen LogP contribution < -0.4 is 10.4 Å². The average molecular weight is 296 g/mol. The van der Waals surface area contributed by atoms with E-state index >= 15 is 0 Å². The summed E-state index contributed by atoms with van der Waals surface area (Å²) in [7, 11) is 0. The number of nitrogens with one attached hydrogen (secondary N) is 1. The number of hydrogen-bond acceptors (Lipinski definition) is 3. The fourth-order valence-electron chi connectivity index (χ4n) is 2.10. The Balaban J connectivity index is 2.00. The summed E-state index contributed by atoms with van der Waals surface area (Å²) in [6.45, 7) is 2.15. The van der Waals surface area contributed by atoms with Gasteiger partial charge in [0.05, 0.1) is 5.97 Å². The third kappa shape index (κ3) is 4.19. The summed E-state index contributed by atoms with van der Waals surface area (Å²) in [6, 6.07) is 13.4. The van der Waals surface area contributed by atoms with Crippen molar-refractivity contribution < 1.29 is 14.7 Å². The number of aryl methyl sites for hydroxylation is 1. The second-order valence-corrected chi connectivity index (χ2v) is 5.12. The number of carbonyl (C=O) groups is 2. The highest BCUT2D eigenvalue weighted by Gasteiger charge is 2.06. The Morgan fingerprint density at radius 3 is 2.09 bits per heavy atom. The maximum absolute atomic E-state index is 12.1. The summed E-state index contributed by atoms with van der Waals surface area (Å²) in [6.07, 6.45) is 3.30. The minimum absolute atomic E-state index is 0.0817. The largest absolute Gasteiger partial charge is 0.545 e. The molecule has 0 aliphatic heterocycles. The van der Waals surface area contributed by atoms with Gasteiger partial charge in [0.1, 0.15) is 0 Å². The molecule has 0 radical (unpaired) electrons. The molecule has 0 heterocycles. The predicted molar refractivity (Wildman–Crippen MR) is 83.8 cm³/mol. The molecule has 0 aliphatic carbocycles. The van der Waals surface area contributed by atoms with E-state index in [-0.39, 0.29) is 11.5 Å². The highest BCUT2D eigenvalue weighted by molar-refractivity contribution is 6.04. The van der Waals surface area contributed by atoms with Crippen molar-refractivity contribution in [1.82, 2.24) is 0 Å². The van der Waals surface area contributed by atoms with Gasteiger partial charge in [0.25, 0.3) is 5.91 Å². The maximum atomic E-state index is 12.1. The average Bonchev–Trinajstić information content (AvgIpc) is 2.54. The first-order chi connectivity index (χ1) is 10.6. The number of carbonyl (C=O) groups excluding carboxylic acids is 2. The molecule has 1 N–H and O–H groups in total. The molecule has 114 valence electrons. The summed E-state index contributed by atoms with van der Waals surface area (Å²) in [5, 5.41) is 13.4. The molecule has 22 heavy (non-hydrogen) atoms. The minimum Gasteiger partial charge on any atom is -0.545 e. The number of carboxylic acids is 1.